The molecule has 1 aliphatic rings. The summed E-state index contributed by atoms with van der Waals surface area (Å²) >= 11 is 0. The second-order valence-electron chi connectivity index (χ2n) is 6.01. The van der Waals surface area contributed by atoms with Crippen LogP contribution in [-0.4, -0.2) is 6.04 Å². The van der Waals surface area contributed by atoms with Crippen LogP contribution in [-0.2, 0) is 6.42 Å². The SMILES string of the molecule is CCCC1CCCC(Nc2ccccc2CC)CC1. The van der Waals surface area contributed by atoms with E-state index in [1.54, 1.807) is 0 Å². The monoisotopic (exact) mass is 259 g/mol. The molecule has 1 aromatic carbocycles. The van der Waals surface area contributed by atoms with Crippen LogP contribution in [0.4, 0.5) is 5.69 Å². The predicted molar refractivity (Wildman–Crippen MR) is 84.7 cm³/mol. The van der Waals surface area contributed by atoms with Crippen LogP contribution in [0.2, 0.25) is 0 Å². The van der Waals surface area contributed by atoms with Crippen molar-refractivity contribution in [3.05, 3.63) is 29.8 Å². The molecule has 0 saturated heterocycles. The number of nitrogens with one attached hydrogen (secondary N) is 1. The van der Waals surface area contributed by atoms with Crippen molar-refractivity contribution in [2.75, 3.05) is 5.32 Å². The normalized spacial score (nSPS) is 23.9. The summed E-state index contributed by atoms with van der Waals surface area (Å²) in [6.45, 7) is 4.56. The first-order valence-electron chi connectivity index (χ1n) is 8.18. The van der Waals surface area contributed by atoms with Gasteiger partial charge in [0.25, 0.3) is 0 Å². The van der Waals surface area contributed by atoms with Crippen molar-refractivity contribution >= 4 is 5.69 Å². The minimum atomic E-state index is 0.689. The van der Waals surface area contributed by atoms with Crippen LogP contribution in [0.25, 0.3) is 0 Å². The molecular formula is C18H29N. The molecule has 1 saturated carbocycles. The molecule has 1 fully saturated rings. The van der Waals surface area contributed by atoms with Crippen molar-refractivity contribution < 1.29 is 0 Å². The molecule has 106 valence electrons. The van der Waals surface area contributed by atoms with Gasteiger partial charge in [-0.25, -0.2) is 0 Å². The van der Waals surface area contributed by atoms with Crippen LogP contribution >= 0.6 is 0 Å². The van der Waals surface area contributed by atoms with Crippen molar-refractivity contribution in [2.45, 2.75) is 71.3 Å². The van der Waals surface area contributed by atoms with Crippen LogP contribution < -0.4 is 5.32 Å². The van der Waals surface area contributed by atoms with E-state index in [4.69, 9.17) is 0 Å². The van der Waals surface area contributed by atoms with Crippen molar-refractivity contribution in [1.82, 2.24) is 0 Å². The molecule has 0 radical (unpaired) electrons. The molecule has 0 spiro atoms. The predicted octanol–water partition coefficient (Wildman–Crippen LogP) is 5.41. The van der Waals surface area contributed by atoms with E-state index in [0.717, 1.165) is 12.3 Å². The Morgan fingerprint density at radius 2 is 1.89 bits per heavy atom. The van der Waals surface area contributed by atoms with E-state index < -0.39 is 0 Å². The summed E-state index contributed by atoms with van der Waals surface area (Å²) in [5.41, 5.74) is 2.82. The zero-order valence-electron chi connectivity index (χ0n) is 12.6. The van der Waals surface area contributed by atoms with Gasteiger partial charge in [0.05, 0.1) is 0 Å². The highest BCUT2D eigenvalue weighted by atomic mass is 14.9. The van der Waals surface area contributed by atoms with Gasteiger partial charge < -0.3 is 5.32 Å². The first-order valence-corrected chi connectivity index (χ1v) is 8.18. The molecule has 0 bridgehead atoms. The van der Waals surface area contributed by atoms with Crippen molar-refractivity contribution in [1.29, 1.82) is 0 Å². The summed E-state index contributed by atoms with van der Waals surface area (Å²) < 4.78 is 0. The molecule has 0 aliphatic heterocycles. The van der Waals surface area contributed by atoms with E-state index >= 15 is 0 Å². The first-order chi connectivity index (χ1) is 9.33. The highest BCUT2D eigenvalue weighted by Crippen LogP contribution is 2.29. The lowest BCUT2D eigenvalue weighted by atomic mass is 9.95. The van der Waals surface area contributed by atoms with Crippen LogP contribution in [0.3, 0.4) is 0 Å². The Kier molecular flexibility index (Phi) is 5.75. The van der Waals surface area contributed by atoms with Gasteiger partial charge in [0.15, 0.2) is 0 Å². The summed E-state index contributed by atoms with van der Waals surface area (Å²) in [5, 5.41) is 3.80. The molecule has 0 aromatic heterocycles. The Balaban J connectivity index is 1.92. The summed E-state index contributed by atoms with van der Waals surface area (Å²) in [6.07, 6.45) is 10.9. The zero-order chi connectivity index (χ0) is 13.5. The van der Waals surface area contributed by atoms with E-state index in [9.17, 15) is 0 Å². The molecule has 0 heterocycles. The van der Waals surface area contributed by atoms with E-state index in [-0.39, 0.29) is 0 Å². The third-order valence-corrected chi connectivity index (χ3v) is 4.54. The lowest BCUT2D eigenvalue weighted by Gasteiger charge is -2.20. The van der Waals surface area contributed by atoms with Gasteiger partial charge >= 0.3 is 0 Å². The summed E-state index contributed by atoms with van der Waals surface area (Å²) in [5.74, 6) is 0.984. The number of aryl methyl sites for hydroxylation is 1. The number of rotatable bonds is 5. The lowest BCUT2D eigenvalue weighted by molar-refractivity contribution is 0.422. The lowest BCUT2D eigenvalue weighted by Crippen LogP contribution is -2.19. The molecule has 1 nitrogen and oxygen atoms in total. The maximum atomic E-state index is 3.80. The number of anilines is 1. The van der Waals surface area contributed by atoms with Crippen molar-refractivity contribution in [3.8, 4) is 0 Å². The number of hydrogen-bond donors (Lipinski definition) is 1. The molecule has 2 rings (SSSR count). The van der Waals surface area contributed by atoms with Crippen molar-refractivity contribution in [2.24, 2.45) is 5.92 Å². The Hall–Kier alpha value is -0.980. The fourth-order valence-corrected chi connectivity index (χ4v) is 3.41. The highest BCUT2D eigenvalue weighted by molar-refractivity contribution is 5.51. The average molecular weight is 259 g/mol. The molecule has 1 aliphatic carbocycles. The second-order valence-corrected chi connectivity index (χ2v) is 6.01. The van der Waals surface area contributed by atoms with Crippen LogP contribution in [0.1, 0.15) is 64.4 Å². The third kappa shape index (κ3) is 4.26. The van der Waals surface area contributed by atoms with Crippen molar-refractivity contribution in [3.63, 3.8) is 0 Å². The van der Waals surface area contributed by atoms with Crippen LogP contribution in [0.15, 0.2) is 24.3 Å². The maximum absolute atomic E-state index is 3.80. The number of hydrogen-bond acceptors (Lipinski definition) is 1. The number of benzene rings is 1. The molecule has 2 unspecified atom stereocenters. The molecule has 0 amide bonds. The fraction of sp³-hybridized carbons (Fsp3) is 0.667. The van der Waals surface area contributed by atoms with E-state index in [0.29, 0.717) is 6.04 Å². The summed E-state index contributed by atoms with van der Waals surface area (Å²) in [4.78, 5) is 0. The molecular weight excluding hydrogens is 230 g/mol. The topological polar surface area (TPSA) is 12.0 Å². The Morgan fingerprint density at radius 1 is 1.05 bits per heavy atom. The van der Waals surface area contributed by atoms with Gasteiger partial charge in [-0.1, -0.05) is 57.7 Å². The molecule has 1 heteroatoms. The minimum absolute atomic E-state index is 0.689. The van der Waals surface area contributed by atoms with Gasteiger partial charge in [0.1, 0.15) is 0 Å². The molecule has 1 aromatic rings. The standard InChI is InChI=1S/C18H29N/c1-3-8-15-9-7-11-17(14-13-15)19-18-12-6-5-10-16(18)4-2/h5-6,10,12,15,17,19H,3-4,7-9,11,13-14H2,1-2H3. The smallest absolute Gasteiger partial charge is 0.0374 e. The van der Waals surface area contributed by atoms with Gasteiger partial charge in [0.2, 0.25) is 0 Å². The first kappa shape index (κ1) is 14.4. The summed E-state index contributed by atoms with van der Waals surface area (Å²) in [7, 11) is 0. The Bertz CT molecular complexity index is 372. The van der Waals surface area contributed by atoms with Crippen LogP contribution in [0.5, 0.6) is 0 Å². The number of para-hydroxylation sites is 1. The van der Waals surface area contributed by atoms with E-state index in [1.807, 2.05) is 0 Å². The molecule has 19 heavy (non-hydrogen) atoms. The van der Waals surface area contributed by atoms with Crippen LogP contribution in [0, 0.1) is 5.92 Å². The second kappa shape index (κ2) is 7.57. The maximum Gasteiger partial charge on any atom is 0.0374 e. The molecule has 2 atom stereocenters. The quantitative estimate of drug-likeness (QED) is 0.697. The zero-order valence-corrected chi connectivity index (χ0v) is 12.6. The van der Waals surface area contributed by atoms with Gasteiger partial charge in [-0.2, -0.15) is 0 Å². The van der Waals surface area contributed by atoms with Gasteiger partial charge in [-0.15, -0.1) is 0 Å². The third-order valence-electron chi connectivity index (χ3n) is 4.54. The van der Waals surface area contributed by atoms with Gasteiger partial charge in [-0.05, 0) is 43.2 Å². The average Bonchev–Trinajstić information content (AvgIpc) is 2.66. The summed E-state index contributed by atoms with van der Waals surface area (Å²) in [6, 6.07) is 9.48. The largest absolute Gasteiger partial charge is 0.382 e. The van der Waals surface area contributed by atoms with E-state index in [2.05, 4.69) is 43.4 Å². The Morgan fingerprint density at radius 3 is 2.68 bits per heavy atom. The molecule has 1 N–H and O–H groups in total. The fourth-order valence-electron chi connectivity index (χ4n) is 3.41. The highest BCUT2D eigenvalue weighted by Gasteiger charge is 2.18. The minimum Gasteiger partial charge on any atom is -0.382 e. The van der Waals surface area contributed by atoms with Gasteiger partial charge in [0, 0.05) is 11.7 Å². The van der Waals surface area contributed by atoms with Gasteiger partial charge in [-0.3, -0.25) is 0 Å². The van der Waals surface area contributed by atoms with E-state index in [1.165, 1.54) is 56.2 Å². The Labute approximate surface area is 118 Å².